The maximum absolute atomic E-state index is 6.07. The molecular formula is C15H22BNO4. The van der Waals surface area contributed by atoms with Crippen LogP contribution in [-0.4, -0.2) is 36.5 Å². The second-order valence-electron chi connectivity index (χ2n) is 6.63. The highest BCUT2D eigenvalue weighted by Crippen LogP contribution is 2.36. The monoisotopic (exact) mass is 291 g/mol. The van der Waals surface area contributed by atoms with Gasteiger partial charge in [0.1, 0.15) is 0 Å². The Balaban J connectivity index is 1.84. The minimum atomic E-state index is -0.387. The highest BCUT2D eigenvalue weighted by molar-refractivity contribution is 6.62. The van der Waals surface area contributed by atoms with Crippen LogP contribution in [0.25, 0.3) is 0 Å². The van der Waals surface area contributed by atoms with E-state index in [0.29, 0.717) is 13.2 Å². The van der Waals surface area contributed by atoms with E-state index in [1.54, 1.807) is 6.20 Å². The molecule has 0 radical (unpaired) electrons. The molecule has 5 nitrogen and oxygen atoms in total. The average molecular weight is 291 g/mol. The van der Waals surface area contributed by atoms with Gasteiger partial charge in [0, 0.05) is 11.7 Å². The Labute approximate surface area is 126 Å². The van der Waals surface area contributed by atoms with Crippen molar-refractivity contribution in [2.75, 3.05) is 13.2 Å². The van der Waals surface area contributed by atoms with Crippen LogP contribution >= 0.6 is 0 Å². The Morgan fingerprint density at radius 3 is 2.19 bits per heavy atom. The molecule has 114 valence electrons. The molecule has 0 aromatic carbocycles. The van der Waals surface area contributed by atoms with Gasteiger partial charge in [-0.3, -0.25) is 4.98 Å². The number of rotatable bonds is 2. The van der Waals surface area contributed by atoms with Crippen LogP contribution in [0.15, 0.2) is 12.3 Å². The highest BCUT2D eigenvalue weighted by Gasteiger charge is 2.52. The van der Waals surface area contributed by atoms with Crippen molar-refractivity contribution < 1.29 is 18.8 Å². The lowest BCUT2D eigenvalue weighted by atomic mass is 9.77. The van der Waals surface area contributed by atoms with Gasteiger partial charge in [0.05, 0.1) is 30.1 Å². The lowest BCUT2D eigenvalue weighted by molar-refractivity contribution is -0.0473. The summed E-state index contributed by atoms with van der Waals surface area (Å²) in [5, 5.41) is 0. The van der Waals surface area contributed by atoms with Crippen molar-refractivity contribution in [3.8, 4) is 0 Å². The average Bonchev–Trinajstić information content (AvgIpc) is 2.96. The summed E-state index contributed by atoms with van der Waals surface area (Å²) < 4.78 is 23.1. The Morgan fingerprint density at radius 1 is 1.10 bits per heavy atom. The predicted octanol–water partition coefficient (Wildman–Crippen LogP) is 1.73. The van der Waals surface area contributed by atoms with Crippen molar-refractivity contribution >= 4 is 12.6 Å². The Hall–Kier alpha value is -0.945. The van der Waals surface area contributed by atoms with Gasteiger partial charge in [0.15, 0.2) is 0 Å². The smallest absolute Gasteiger partial charge is 0.399 e. The van der Waals surface area contributed by atoms with Crippen LogP contribution in [0.2, 0.25) is 0 Å². The first-order chi connectivity index (χ1) is 9.80. The summed E-state index contributed by atoms with van der Waals surface area (Å²) in [5.74, 6) is 0. The zero-order chi connectivity index (χ0) is 15.3. The lowest BCUT2D eigenvalue weighted by Gasteiger charge is -2.32. The van der Waals surface area contributed by atoms with Crippen molar-refractivity contribution in [2.45, 2.75) is 52.1 Å². The largest absolute Gasteiger partial charge is 0.496 e. The molecule has 2 saturated heterocycles. The quantitative estimate of drug-likeness (QED) is 0.777. The van der Waals surface area contributed by atoms with Gasteiger partial charge in [-0.1, -0.05) is 0 Å². The summed E-state index contributed by atoms with van der Waals surface area (Å²) in [6.07, 6.45) is 1.45. The summed E-state index contributed by atoms with van der Waals surface area (Å²) in [6, 6.07) is 1.98. The van der Waals surface area contributed by atoms with Crippen LogP contribution in [0.5, 0.6) is 0 Å². The van der Waals surface area contributed by atoms with Crippen molar-refractivity contribution in [3.05, 3.63) is 23.5 Å². The second kappa shape index (κ2) is 5.05. The van der Waals surface area contributed by atoms with Crippen molar-refractivity contribution in [2.24, 2.45) is 0 Å². The van der Waals surface area contributed by atoms with Crippen LogP contribution < -0.4 is 5.46 Å². The number of nitrogens with zero attached hydrogens (tertiary/aromatic N) is 1. The number of ether oxygens (including phenoxy) is 2. The third-order valence-electron chi connectivity index (χ3n) is 4.54. The molecule has 2 aliphatic rings. The maximum Gasteiger partial charge on any atom is 0.496 e. The first-order valence-corrected chi connectivity index (χ1v) is 7.35. The second-order valence-corrected chi connectivity index (χ2v) is 6.63. The van der Waals surface area contributed by atoms with Crippen molar-refractivity contribution in [1.29, 1.82) is 0 Å². The van der Waals surface area contributed by atoms with E-state index >= 15 is 0 Å². The van der Waals surface area contributed by atoms with Gasteiger partial charge in [-0.05, 0) is 46.2 Å². The van der Waals surface area contributed by atoms with E-state index in [1.807, 2.05) is 40.7 Å². The molecule has 3 rings (SSSR count). The fraction of sp³-hybridized carbons (Fsp3) is 0.667. The first kappa shape index (κ1) is 15.0. The van der Waals surface area contributed by atoms with Gasteiger partial charge in [-0.15, -0.1) is 0 Å². The summed E-state index contributed by atoms with van der Waals surface area (Å²) in [6.45, 7) is 11.4. The molecule has 2 fully saturated rings. The third-order valence-corrected chi connectivity index (χ3v) is 4.54. The molecule has 0 aliphatic carbocycles. The molecule has 1 aromatic rings. The highest BCUT2D eigenvalue weighted by atomic mass is 16.7. The number of hydrogen-bond acceptors (Lipinski definition) is 5. The molecule has 2 aliphatic heterocycles. The van der Waals surface area contributed by atoms with Gasteiger partial charge in [0.25, 0.3) is 0 Å². The number of pyridine rings is 1. The molecule has 0 atom stereocenters. The summed E-state index contributed by atoms with van der Waals surface area (Å²) in [7, 11) is -0.387. The molecule has 0 spiro atoms. The summed E-state index contributed by atoms with van der Waals surface area (Å²) in [4.78, 5) is 4.45. The number of aromatic nitrogens is 1. The maximum atomic E-state index is 6.07. The minimum Gasteiger partial charge on any atom is -0.399 e. The predicted molar refractivity (Wildman–Crippen MR) is 79.3 cm³/mol. The van der Waals surface area contributed by atoms with Gasteiger partial charge in [-0.2, -0.15) is 0 Å². The van der Waals surface area contributed by atoms with E-state index in [0.717, 1.165) is 16.7 Å². The van der Waals surface area contributed by atoms with E-state index in [4.69, 9.17) is 18.8 Å². The van der Waals surface area contributed by atoms with Crippen LogP contribution in [0.1, 0.15) is 45.2 Å². The molecule has 0 bridgehead atoms. The Morgan fingerprint density at radius 2 is 1.67 bits per heavy atom. The molecule has 1 aromatic heterocycles. The Kier molecular flexibility index (Phi) is 3.60. The molecule has 0 unspecified atom stereocenters. The van der Waals surface area contributed by atoms with E-state index in [1.165, 1.54) is 0 Å². The molecule has 0 amide bonds. The minimum absolute atomic E-state index is 0.347. The van der Waals surface area contributed by atoms with Crippen molar-refractivity contribution in [3.63, 3.8) is 0 Å². The van der Waals surface area contributed by atoms with Crippen LogP contribution in [0, 0.1) is 6.92 Å². The standard InChI is InChI=1S/C15H22BNO4/c1-10-8-12(13-18-6-7-19-13)17-9-11(10)16-20-14(2,3)15(4,5)21-16/h8-9,13H,6-7H2,1-5H3. The van der Waals surface area contributed by atoms with Crippen LogP contribution in [0.3, 0.4) is 0 Å². The molecule has 6 heteroatoms. The van der Waals surface area contributed by atoms with Crippen molar-refractivity contribution in [1.82, 2.24) is 4.98 Å². The fourth-order valence-electron chi connectivity index (χ4n) is 2.46. The van der Waals surface area contributed by atoms with Crippen LogP contribution in [-0.2, 0) is 18.8 Å². The van der Waals surface area contributed by atoms with Gasteiger partial charge in [-0.25, -0.2) is 0 Å². The van der Waals surface area contributed by atoms with Crippen LogP contribution in [0.4, 0.5) is 0 Å². The molecule has 0 saturated carbocycles. The third kappa shape index (κ3) is 2.61. The lowest BCUT2D eigenvalue weighted by Crippen LogP contribution is -2.41. The molecule has 0 N–H and O–H groups in total. The van der Waals surface area contributed by atoms with E-state index in [-0.39, 0.29) is 24.6 Å². The summed E-state index contributed by atoms with van der Waals surface area (Å²) >= 11 is 0. The topological polar surface area (TPSA) is 49.8 Å². The van der Waals surface area contributed by atoms with Gasteiger partial charge < -0.3 is 18.8 Å². The SMILES string of the molecule is Cc1cc(C2OCCO2)ncc1B1OC(C)(C)C(C)(C)O1. The Bertz CT molecular complexity index is 524. The summed E-state index contributed by atoms with van der Waals surface area (Å²) in [5.41, 5.74) is 2.12. The molecule has 3 heterocycles. The zero-order valence-corrected chi connectivity index (χ0v) is 13.3. The zero-order valence-electron chi connectivity index (χ0n) is 13.3. The number of aryl methyl sites for hydroxylation is 1. The normalized spacial score (nSPS) is 24.7. The first-order valence-electron chi connectivity index (χ1n) is 7.35. The number of hydrogen-bond donors (Lipinski definition) is 0. The fourth-order valence-corrected chi connectivity index (χ4v) is 2.46. The van der Waals surface area contributed by atoms with E-state index in [2.05, 4.69) is 4.98 Å². The van der Waals surface area contributed by atoms with Gasteiger partial charge in [0.2, 0.25) is 6.29 Å². The molecular weight excluding hydrogens is 269 g/mol. The van der Waals surface area contributed by atoms with E-state index < -0.39 is 0 Å². The van der Waals surface area contributed by atoms with E-state index in [9.17, 15) is 0 Å². The van der Waals surface area contributed by atoms with Gasteiger partial charge >= 0.3 is 7.12 Å². The molecule has 21 heavy (non-hydrogen) atoms.